The van der Waals surface area contributed by atoms with Crippen LogP contribution in [0.1, 0.15) is 25.0 Å². The second kappa shape index (κ2) is 9.53. The van der Waals surface area contributed by atoms with Gasteiger partial charge in [-0.15, -0.1) is 27.7 Å². The predicted octanol–water partition coefficient (Wildman–Crippen LogP) is 1.21. The number of nitrogens with zero attached hydrogens (tertiary/aromatic N) is 3. The Morgan fingerprint density at radius 3 is 2.11 bits per heavy atom. The molecule has 214 valence electrons. The lowest BCUT2D eigenvalue weighted by Crippen LogP contribution is -2.55. The predicted molar refractivity (Wildman–Crippen MR) is 213 cm³/mol. The van der Waals surface area contributed by atoms with E-state index in [1.54, 1.807) is 0 Å². The van der Waals surface area contributed by atoms with Gasteiger partial charge in [-0.3, -0.25) is 0 Å². The topological polar surface area (TPSA) is 30.7 Å². The van der Waals surface area contributed by atoms with Gasteiger partial charge < -0.3 is 4.57 Å². The number of aromatic nitrogens is 3. The average molecular weight is 603 g/mol. The van der Waals surface area contributed by atoms with E-state index < -0.39 is 0 Å². The molecular weight excluding hydrogens is 573 g/mol. The molecule has 1 aliphatic rings. The number of rotatable bonds is 2. The SMILES string of the molecule is Bc1c(B)c(B)c(-c2nc(-c3ccc4c(c3)C(C)(C)c3cccc5c6c7ccccc7sc6n-4c35)nc3ccccc23)c(B)c1B. The van der Waals surface area contributed by atoms with Crippen LogP contribution in [0, 0.1) is 0 Å². The van der Waals surface area contributed by atoms with Crippen LogP contribution in [0.15, 0.2) is 84.9 Å². The van der Waals surface area contributed by atoms with Gasteiger partial charge in [0, 0.05) is 37.2 Å². The van der Waals surface area contributed by atoms with Crippen LogP contribution in [0.2, 0.25) is 0 Å². The number of hydrogen-bond acceptors (Lipinski definition) is 3. The van der Waals surface area contributed by atoms with Gasteiger partial charge in [0.2, 0.25) is 0 Å². The van der Waals surface area contributed by atoms with E-state index in [1.807, 2.05) is 11.3 Å². The van der Waals surface area contributed by atoms with Gasteiger partial charge in [-0.2, -0.15) is 0 Å². The van der Waals surface area contributed by atoms with Crippen molar-refractivity contribution >= 4 is 120 Å². The molecule has 1 aliphatic heterocycles. The zero-order valence-electron chi connectivity index (χ0n) is 27.3. The summed E-state index contributed by atoms with van der Waals surface area (Å²) in [5.41, 5.74) is 15.9. The van der Waals surface area contributed by atoms with Crippen molar-refractivity contribution in [2.75, 3.05) is 0 Å². The first-order valence-electron chi connectivity index (χ1n) is 16.1. The summed E-state index contributed by atoms with van der Waals surface area (Å²) in [7, 11) is 11.2. The molecule has 0 saturated carbocycles. The Balaban J connectivity index is 1.32. The summed E-state index contributed by atoms with van der Waals surface area (Å²) in [5.74, 6) is 0.769. The summed E-state index contributed by atoms with van der Waals surface area (Å²) >= 11 is 1.89. The largest absolute Gasteiger partial charge is 0.300 e. The molecule has 0 spiro atoms. The maximum absolute atomic E-state index is 5.41. The highest BCUT2D eigenvalue weighted by Crippen LogP contribution is 2.51. The first-order valence-corrected chi connectivity index (χ1v) is 16.9. The van der Waals surface area contributed by atoms with E-state index in [0.717, 1.165) is 28.0 Å². The Bertz CT molecular complexity index is 2610. The lowest BCUT2D eigenvalue weighted by Gasteiger charge is -2.35. The number of fused-ring (bicyclic) bond motifs is 8. The summed E-state index contributed by atoms with van der Waals surface area (Å²) in [4.78, 5) is 11.9. The van der Waals surface area contributed by atoms with Crippen LogP contribution >= 0.6 is 11.3 Å². The van der Waals surface area contributed by atoms with Crippen molar-refractivity contribution in [2.45, 2.75) is 19.3 Å². The van der Waals surface area contributed by atoms with Gasteiger partial charge in [0.05, 0.1) is 22.4 Å². The molecule has 9 rings (SSSR count). The van der Waals surface area contributed by atoms with Gasteiger partial charge in [-0.1, -0.05) is 79.4 Å². The van der Waals surface area contributed by atoms with Crippen molar-refractivity contribution in [1.82, 2.24) is 14.5 Å². The third kappa shape index (κ3) is 3.55. The van der Waals surface area contributed by atoms with Gasteiger partial charge in [0.25, 0.3) is 0 Å². The number of benzene rings is 5. The van der Waals surface area contributed by atoms with E-state index in [9.17, 15) is 0 Å². The van der Waals surface area contributed by atoms with Crippen molar-refractivity contribution < 1.29 is 0 Å². The Morgan fingerprint density at radius 1 is 0.652 bits per heavy atom. The molecule has 0 fully saturated rings. The molecule has 0 bridgehead atoms. The summed E-state index contributed by atoms with van der Waals surface area (Å²) < 4.78 is 3.85. The molecule has 8 aromatic rings. The smallest absolute Gasteiger partial charge is 0.160 e. The van der Waals surface area contributed by atoms with Crippen LogP contribution in [0.4, 0.5) is 0 Å². The van der Waals surface area contributed by atoms with Crippen molar-refractivity contribution in [1.29, 1.82) is 0 Å². The lowest BCUT2D eigenvalue weighted by atomic mass is 9.60. The number of hydrogen-bond donors (Lipinski definition) is 0. The van der Waals surface area contributed by atoms with Crippen LogP contribution in [0.3, 0.4) is 0 Å². The van der Waals surface area contributed by atoms with Crippen molar-refractivity contribution in [2.24, 2.45) is 0 Å². The minimum Gasteiger partial charge on any atom is -0.300 e. The minimum absolute atomic E-state index is 0.199. The molecule has 0 amide bonds. The van der Waals surface area contributed by atoms with Gasteiger partial charge in [0.1, 0.15) is 44.1 Å². The van der Waals surface area contributed by atoms with Crippen molar-refractivity contribution in [3.8, 4) is 28.3 Å². The van der Waals surface area contributed by atoms with Crippen LogP contribution in [0.25, 0.3) is 70.4 Å². The maximum atomic E-state index is 5.41. The fourth-order valence-electron chi connectivity index (χ4n) is 8.04. The molecule has 0 aliphatic carbocycles. The molecule has 9 heteroatoms. The average Bonchev–Trinajstić information content (AvgIpc) is 3.60. The Kier molecular flexibility index (Phi) is 5.76. The number of thiophene rings is 1. The van der Waals surface area contributed by atoms with E-state index in [4.69, 9.17) is 9.97 Å². The molecule has 0 radical (unpaired) electrons. The van der Waals surface area contributed by atoms with E-state index >= 15 is 0 Å². The highest BCUT2D eigenvalue weighted by molar-refractivity contribution is 7.25. The van der Waals surface area contributed by atoms with Gasteiger partial charge in [-0.05, 0) is 47.0 Å². The molecule has 3 nitrogen and oxygen atoms in total. The second-order valence-corrected chi connectivity index (χ2v) is 14.6. The molecule has 5 aromatic carbocycles. The molecule has 0 saturated heterocycles. The molecule has 4 heterocycles. The molecule has 0 N–H and O–H groups in total. The monoisotopic (exact) mass is 603 g/mol. The normalized spacial score (nSPS) is 13.6. The third-order valence-corrected chi connectivity index (χ3v) is 12.1. The molecule has 0 unspecified atom stereocenters. The summed E-state index contributed by atoms with van der Waals surface area (Å²) in [6.45, 7) is 4.73. The summed E-state index contributed by atoms with van der Waals surface area (Å²) in [6, 6.07) is 31.0. The fraction of sp³-hybridized carbons (Fsp3) is 0.0811. The van der Waals surface area contributed by atoms with E-state index in [1.165, 1.54) is 80.9 Å². The molecule has 0 atom stereocenters. The Hall–Kier alpha value is -4.48. The minimum atomic E-state index is -0.199. The molecule has 3 aromatic heterocycles. The quantitative estimate of drug-likeness (QED) is 0.279. The van der Waals surface area contributed by atoms with E-state index in [-0.39, 0.29) is 5.41 Å². The zero-order valence-corrected chi connectivity index (χ0v) is 28.1. The van der Waals surface area contributed by atoms with Gasteiger partial charge >= 0.3 is 0 Å². The third-order valence-electron chi connectivity index (χ3n) is 11.0. The fourth-order valence-corrected chi connectivity index (χ4v) is 9.28. The van der Waals surface area contributed by atoms with Crippen molar-refractivity contribution in [3.63, 3.8) is 0 Å². The molecular formula is C37H30B5N3S. The Morgan fingerprint density at radius 2 is 1.33 bits per heavy atom. The van der Waals surface area contributed by atoms with E-state index in [2.05, 4.69) is 143 Å². The Labute approximate surface area is 277 Å². The van der Waals surface area contributed by atoms with Crippen LogP contribution in [0.5, 0.6) is 0 Å². The van der Waals surface area contributed by atoms with Crippen molar-refractivity contribution in [3.05, 3.63) is 96.1 Å². The highest BCUT2D eigenvalue weighted by Gasteiger charge is 2.36. The van der Waals surface area contributed by atoms with E-state index in [0.29, 0.717) is 0 Å². The first kappa shape index (κ1) is 27.8. The standard InChI is InChI=1S/C37H30B5N3S/c1-37(2)21-11-7-10-20-26-19-9-4-6-13-25(19)46-36(26)45(34(20)21)24-15-14-17(16-22(24)37)35-43-23-12-5-3-8-18(23)33(44-35)27-28(38)30(40)32(42)31(41)29(27)39/h3-16H,38-42H2,1-2H3. The van der Waals surface area contributed by atoms with Gasteiger partial charge in [-0.25, -0.2) is 9.97 Å². The summed E-state index contributed by atoms with van der Waals surface area (Å²) in [6.07, 6.45) is 0. The second-order valence-electron chi connectivity index (χ2n) is 13.6. The number of para-hydroxylation sites is 2. The van der Waals surface area contributed by atoms with Crippen LogP contribution < -0.4 is 27.3 Å². The zero-order chi connectivity index (χ0) is 31.6. The van der Waals surface area contributed by atoms with Gasteiger partial charge in [0.15, 0.2) is 5.82 Å². The first-order chi connectivity index (χ1) is 22.2. The van der Waals surface area contributed by atoms with Crippen LogP contribution in [-0.2, 0) is 5.41 Å². The maximum Gasteiger partial charge on any atom is 0.160 e. The summed E-state index contributed by atoms with van der Waals surface area (Å²) in [5, 5.41) is 5.13. The highest BCUT2D eigenvalue weighted by atomic mass is 32.1. The lowest BCUT2D eigenvalue weighted by molar-refractivity contribution is 0.630. The molecule has 46 heavy (non-hydrogen) atoms. The van der Waals surface area contributed by atoms with Crippen LogP contribution in [-0.4, -0.2) is 53.8 Å².